The third-order valence-electron chi connectivity index (χ3n) is 2.02. The summed E-state index contributed by atoms with van der Waals surface area (Å²) in [5.74, 6) is 0.750. The Morgan fingerprint density at radius 3 is 2.82 bits per heavy atom. The fourth-order valence-corrected chi connectivity index (χ4v) is 1.36. The first-order chi connectivity index (χ1) is 4.84. The van der Waals surface area contributed by atoms with E-state index in [0.717, 1.165) is 12.3 Å². The molecule has 0 nitrogen and oxygen atoms in total. The van der Waals surface area contributed by atoms with Gasteiger partial charge in [0.15, 0.2) is 0 Å². The van der Waals surface area contributed by atoms with Crippen molar-refractivity contribution in [3.8, 4) is 0 Å². The van der Waals surface area contributed by atoms with Crippen LogP contribution in [0.1, 0.15) is 33.1 Å². The molecule has 0 bridgehead atoms. The summed E-state index contributed by atoms with van der Waals surface area (Å²) < 4.78 is 0. The Labute approximate surface area is 88.9 Å². The molecule has 60 valence electrons. The van der Waals surface area contributed by atoms with E-state index in [-0.39, 0.29) is 26.2 Å². The average Bonchev–Trinajstić information content (AvgIpc) is 2.38. The van der Waals surface area contributed by atoms with Crippen LogP contribution < -0.4 is 0 Å². The Morgan fingerprint density at radius 2 is 2.36 bits per heavy atom. The van der Waals surface area contributed by atoms with Crippen LogP contribution in [0.5, 0.6) is 0 Å². The second-order valence-electron chi connectivity index (χ2n) is 2.95. The Kier molecular flexibility index (Phi) is 6.14. The van der Waals surface area contributed by atoms with Crippen LogP contribution in [0.3, 0.4) is 0 Å². The van der Waals surface area contributed by atoms with E-state index < -0.39 is 0 Å². The molecule has 0 aliphatic heterocycles. The van der Waals surface area contributed by atoms with E-state index in [4.69, 9.17) is 0 Å². The molecule has 0 fully saturated rings. The summed E-state index contributed by atoms with van der Waals surface area (Å²) in [6.45, 7) is 4.53. The van der Waals surface area contributed by atoms with Crippen molar-refractivity contribution in [3.63, 3.8) is 0 Å². The van der Waals surface area contributed by atoms with Gasteiger partial charge in [0.2, 0.25) is 0 Å². The van der Waals surface area contributed by atoms with E-state index in [2.05, 4.69) is 32.1 Å². The van der Waals surface area contributed by atoms with Gasteiger partial charge >= 0.3 is 0 Å². The molecule has 0 radical (unpaired) electrons. The van der Waals surface area contributed by atoms with Crippen molar-refractivity contribution in [2.75, 3.05) is 0 Å². The Bertz CT molecular complexity index is 156. The molecule has 0 saturated heterocycles. The third kappa shape index (κ3) is 3.51. The van der Waals surface area contributed by atoms with E-state index >= 15 is 0 Å². The normalized spacial score (nSPS) is 17.5. The zero-order valence-corrected chi connectivity index (χ0v) is 9.81. The predicted molar refractivity (Wildman–Crippen MR) is 44.6 cm³/mol. The summed E-state index contributed by atoms with van der Waals surface area (Å²) in [5.41, 5.74) is 1.49. The first-order valence-electron chi connectivity index (χ1n) is 4.11. The van der Waals surface area contributed by atoms with Gasteiger partial charge < -0.3 is 0 Å². The fraction of sp³-hybridized carbons (Fsp3) is 0.600. The molecule has 0 N–H and O–H groups in total. The molecule has 11 heavy (non-hydrogen) atoms. The van der Waals surface area contributed by atoms with Crippen molar-refractivity contribution in [2.24, 2.45) is 5.92 Å². The molecular formula is C10H15Zr-. The van der Waals surface area contributed by atoms with Crippen LogP contribution in [-0.2, 0) is 26.2 Å². The number of hydrogen-bond donors (Lipinski definition) is 0. The van der Waals surface area contributed by atoms with E-state index in [1.54, 1.807) is 0 Å². The molecule has 1 aliphatic rings. The minimum absolute atomic E-state index is 0. The van der Waals surface area contributed by atoms with Gasteiger partial charge in [0.25, 0.3) is 0 Å². The summed E-state index contributed by atoms with van der Waals surface area (Å²) >= 11 is 0. The van der Waals surface area contributed by atoms with Crippen molar-refractivity contribution in [1.29, 1.82) is 0 Å². The molecule has 0 aromatic carbocycles. The first kappa shape index (κ1) is 11.4. The van der Waals surface area contributed by atoms with Crippen molar-refractivity contribution in [3.05, 3.63) is 23.8 Å². The first-order valence-corrected chi connectivity index (χ1v) is 4.11. The smallest absolute Gasteiger partial charge is 0 e. The third-order valence-corrected chi connectivity index (χ3v) is 2.02. The van der Waals surface area contributed by atoms with E-state index in [1.807, 2.05) is 0 Å². The monoisotopic (exact) mass is 225 g/mol. The number of rotatable bonds is 3. The molecule has 1 unspecified atom stereocenters. The Balaban J connectivity index is 0.000001000. The summed E-state index contributed by atoms with van der Waals surface area (Å²) in [4.78, 5) is 0. The van der Waals surface area contributed by atoms with Gasteiger partial charge in [-0.1, -0.05) is 32.6 Å². The number of hydrogen-bond acceptors (Lipinski definition) is 0. The van der Waals surface area contributed by atoms with Crippen LogP contribution >= 0.6 is 0 Å². The molecule has 0 aromatic rings. The second kappa shape index (κ2) is 5.94. The summed E-state index contributed by atoms with van der Waals surface area (Å²) in [6.07, 6.45) is 11.2. The van der Waals surface area contributed by atoms with Crippen LogP contribution in [0.25, 0.3) is 0 Å². The largest absolute Gasteiger partial charge is 0.273 e. The maximum absolute atomic E-state index is 3.19. The van der Waals surface area contributed by atoms with Crippen molar-refractivity contribution >= 4 is 0 Å². The summed E-state index contributed by atoms with van der Waals surface area (Å²) in [7, 11) is 0. The standard InChI is InChI=1S/C10H15.Zr/c1-3-6-9(2)10-7-4-5-8-10;/h7-9H,3-4,6H2,1-2H3;/q-1;. The van der Waals surface area contributed by atoms with E-state index in [0.29, 0.717) is 0 Å². The molecule has 0 heterocycles. The van der Waals surface area contributed by atoms with Gasteiger partial charge in [-0.3, -0.25) is 6.08 Å². The molecule has 0 aromatic heterocycles. The Hall–Kier alpha value is 0.363. The van der Waals surface area contributed by atoms with Crippen molar-refractivity contribution in [2.45, 2.75) is 33.1 Å². The molecule has 1 heteroatoms. The molecule has 1 atom stereocenters. The minimum atomic E-state index is 0. The second-order valence-corrected chi connectivity index (χ2v) is 2.95. The number of allylic oxidation sites excluding steroid dienone is 4. The molecule has 0 spiro atoms. The van der Waals surface area contributed by atoms with Gasteiger partial charge in [-0.05, 0) is 0 Å². The molecular weight excluding hydrogens is 211 g/mol. The molecule has 0 amide bonds. The molecule has 1 aliphatic carbocycles. The van der Waals surface area contributed by atoms with Crippen LogP contribution in [0.15, 0.2) is 17.7 Å². The molecule has 0 saturated carbocycles. The summed E-state index contributed by atoms with van der Waals surface area (Å²) in [6, 6.07) is 0. The maximum atomic E-state index is 3.19. The van der Waals surface area contributed by atoms with E-state index in [9.17, 15) is 0 Å². The van der Waals surface area contributed by atoms with Gasteiger partial charge in [0.1, 0.15) is 0 Å². The Morgan fingerprint density at radius 1 is 1.64 bits per heavy atom. The fourth-order valence-electron chi connectivity index (χ4n) is 1.36. The zero-order chi connectivity index (χ0) is 7.40. The average molecular weight is 226 g/mol. The molecule has 1 rings (SSSR count). The van der Waals surface area contributed by atoms with Crippen molar-refractivity contribution < 1.29 is 26.2 Å². The van der Waals surface area contributed by atoms with Gasteiger partial charge in [0.05, 0.1) is 0 Å². The zero-order valence-electron chi connectivity index (χ0n) is 7.35. The van der Waals surface area contributed by atoms with Crippen LogP contribution in [0, 0.1) is 12.0 Å². The van der Waals surface area contributed by atoms with Gasteiger partial charge in [-0.15, -0.1) is 6.42 Å². The SMILES string of the molecule is CCCC(C)C1=CC[C-]=C1.[Zr]. The van der Waals surface area contributed by atoms with Crippen LogP contribution in [0.4, 0.5) is 0 Å². The van der Waals surface area contributed by atoms with E-state index in [1.165, 1.54) is 18.4 Å². The minimum Gasteiger partial charge on any atom is -0.273 e. The van der Waals surface area contributed by atoms with Crippen LogP contribution in [0.2, 0.25) is 0 Å². The van der Waals surface area contributed by atoms with Gasteiger partial charge in [-0.25, -0.2) is 6.08 Å². The van der Waals surface area contributed by atoms with Gasteiger partial charge in [-0.2, -0.15) is 11.6 Å². The quantitative estimate of drug-likeness (QED) is 0.649. The van der Waals surface area contributed by atoms with Crippen molar-refractivity contribution in [1.82, 2.24) is 0 Å². The van der Waals surface area contributed by atoms with Gasteiger partial charge in [0, 0.05) is 26.2 Å². The summed E-state index contributed by atoms with van der Waals surface area (Å²) in [5, 5.41) is 0. The topological polar surface area (TPSA) is 0 Å². The predicted octanol–water partition coefficient (Wildman–Crippen LogP) is 3.11. The maximum Gasteiger partial charge on any atom is 0 e. The van der Waals surface area contributed by atoms with Crippen LogP contribution in [-0.4, -0.2) is 0 Å².